The predicted octanol–water partition coefficient (Wildman–Crippen LogP) is 4.65. The van der Waals surface area contributed by atoms with Gasteiger partial charge in [-0.2, -0.15) is 0 Å². The lowest BCUT2D eigenvalue weighted by atomic mass is 9.95. The fourth-order valence-corrected chi connectivity index (χ4v) is 5.24. The van der Waals surface area contributed by atoms with Gasteiger partial charge in [-0.05, 0) is 31.5 Å². The van der Waals surface area contributed by atoms with Crippen LogP contribution in [0.25, 0.3) is 10.2 Å². The molecule has 2 heterocycles. The molecule has 1 N–H and O–H groups in total. The van der Waals surface area contributed by atoms with Gasteiger partial charge >= 0.3 is 0 Å². The van der Waals surface area contributed by atoms with E-state index in [4.69, 9.17) is 0 Å². The summed E-state index contributed by atoms with van der Waals surface area (Å²) in [6, 6.07) is 6.46. The van der Waals surface area contributed by atoms with Crippen molar-refractivity contribution in [2.75, 3.05) is 11.1 Å². The molecule has 3 aromatic rings. The third-order valence-electron chi connectivity index (χ3n) is 4.70. The van der Waals surface area contributed by atoms with Crippen molar-refractivity contribution in [1.29, 1.82) is 0 Å². The summed E-state index contributed by atoms with van der Waals surface area (Å²) >= 11 is 1.30. The Balaban J connectivity index is 2.06. The van der Waals surface area contributed by atoms with Gasteiger partial charge in [-0.15, -0.1) is 11.3 Å². The molecule has 1 amide bonds. The van der Waals surface area contributed by atoms with E-state index < -0.39 is 9.84 Å². The topological polar surface area (TPSA) is 89.0 Å². The van der Waals surface area contributed by atoms with Crippen LogP contribution in [0.5, 0.6) is 0 Å². The molecule has 0 aliphatic carbocycles. The summed E-state index contributed by atoms with van der Waals surface area (Å²) in [6.45, 7) is 11.5. The van der Waals surface area contributed by atoms with Gasteiger partial charge in [0.2, 0.25) is 0 Å². The first-order chi connectivity index (χ1) is 13.5. The van der Waals surface area contributed by atoms with Crippen molar-refractivity contribution in [2.45, 2.75) is 51.9 Å². The number of fused-ring (bicyclic) bond motifs is 1. The number of anilines is 1. The van der Waals surface area contributed by atoms with E-state index in [0.717, 1.165) is 27.3 Å². The highest BCUT2D eigenvalue weighted by Gasteiger charge is 2.24. The molecule has 29 heavy (non-hydrogen) atoms. The minimum atomic E-state index is -3.45. The Morgan fingerprint density at radius 3 is 2.41 bits per heavy atom. The number of benzene rings is 1. The maximum atomic E-state index is 13.0. The predicted molar refractivity (Wildman–Crippen MR) is 118 cm³/mol. The number of nitrogens with zero attached hydrogens (tertiary/aromatic N) is 2. The molecular formula is C21H25N3O3S2. The smallest absolute Gasteiger partial charge is 0.266 e. The van der Waals surface area contributed by atoms with Crippen LogP contribution in [-0.2, 0) is 15.3 Å². The van der Waals surface area contributed by atoms with E-state index in [1.165, 1.54) is 17.4 Å². The van der Waals surface area contributed by atoms with Crippen LogP contribution in [0.4, 0.5) is 5.69 Å². The molecule has 0 saturated carbocycles. The number of sulfone groups is 1. The van der Waals surface area contributed by atoms with Crippen molar-refractivity contribution in [3.63, 3.8) is 0 Å². The van der Waals surface area contributed by atoms with Crippen molar-refractivity contribution in [3.8, 4) is 0 Å². The first-order valence-electron chi connectivity index (χ1n) is 9.37. The average Bonchev–Trinajstić information content (AvgIpc) is 2.98. The van der Waals surface area contributed by atoms with Gasteiger partial charge in [0.1, 0.15) is 10.7 Å². The van der Waals surface area contributed by atoms with E-state index in [1.54, 1.807) is 25.1 Å². The fraction of sp³-hybridized carbons (Fsp3) is 0.381. The van der Waals surface area contributed by atoms with Crippen LogP contribution in [0, 0.1) is 13.8 Å². The van der Waals surface area contributed by atoms with E-state index in [0.29, 0.717) is 4.88 Å². The lowest BCUT2D eigenvalue weighted by Crippen LogP contribution is -2.16. The fourth-order valence-electron chi connectivity index (χ4n) is 3.07. The normalized spacial score (nSPS) is 12.3. The molecule has 0 radical (unpaired) electrons. The van der Waals surface area contributed by atoms with Crippen LogP contribution in [-0.4, -0.2) is 30.0 Å². The number of amides is 1. The quantitative estimate of drug-likeness (QED) is 0.649. The molecule has 0 aliphatic rings. The molecular weight excluding hydrogens is 406 g/mol. The van der Waals surface area contributed by atoms with Crippen molar-refractivity contribution >= 4 is 43.0 Å². The van der Waals surface area contributed by atoms with E-state index in [2.05, 4.69) is 15.3 Å². The molecule has 0 aliphatic heterocycles. The second-order valence-corrected chi connectivity index (χ2v) is 11.2. The maximum absolute atomic E-state index is 13.0. The molecule has 154 valence electrons. The van der Waals surface area contributed by atoms with Gasteiger partial charge < -0.3 is 5.32 Å². The summed E-state index contributed by atoms with van der Waals surface area (Å²) < 4.78 is 24.7. The Morgan fingerprint density at radius 2 is 1.79 bits per heavy atom. The van der Waals surface area contributed by atoms with Gasteiger partial charge in [0.05, 0.1) is 26.9 Å². The van der Waals surface area contributed by atoms with Crippen LogP contribution in [0.2, 0.25) is 0 Å². The van der Waals surface area contributed by atoms with Crippen molar-refractivity contribution < 1.29 is 13.2 Å². The third kappa shape index (κ3) is 4.04. The summed E-state index contributed by atoms with van der Waals surface area (Å²) in [5, 5.41) is 3.65. The summed E-state index contributed by atoms with van der Waals surface area (Å²) in [5.74, 6) is 0.350. The molecule has 1 aromatic carbocycles. The van der Waals surface area contributed by atoms with Crippen LogP contribution < -0.4 is 5.32 Å². The van der Waals surface area contributed by atoms with E-state index >= 15 is 0 Å². The van der Waals surface area contributed by atoms with Gasteiger partial charge in [0.25, 0.3) is 5.91 Å². The minimum absolute atomic E-state index is 0.0356. The van der Waals surface area contributed by atoms with E-state index in [1.807, 2.05) is 34.6 Å². The number of aryl methyl sites for hydroxylation is 2. The molecule has 0 bridgehead atoms. The average molecular weight is 432 g/mol. The highest BCUT2D eigenvalue weighted by molar-refractivity contribution is 7.91. The number of aromatic nitrogens is 2. The highest BCUT2D eigenvalue weighted by atomic mass is 32.2. The molecule has 0 unspecified atom stereocenters. The molecule has 6 nitrogen and oxygen atoms in total. The number of hydrogen-bond donors (Lipinski definition) is 1. The number of rotatable bonds is 4. The van der Waals surface area contributed by atoms with E-state index in [9.17, 15) is 13.2 Å². The Kier molecular flexibility index (Phi) is 5.53. The zero-order valence-electron chi connectivity index (χ0n) is 17.5. The van der Waals surface area contributed by atoms with Gasteiger partial charge in [0, 0.05) is 10.8 Å². The lowest BCUT2D eigenvalue weighted by Gasteiger charge is -2.16. The second kappa shape index (κ2) is 7.50. The van der Waals surface area contributed by atoms with E-state index in [-0.39, 0.29) is 27.7 Å². The second-order valence-electron chi connectivity index (χ2n) is 7.97. The molecule has 0 saturated heterocycles. The van der Waals surface area contributed by atoms with Crippen molar-refractivity contribution in [3.05, 3.63) is 46.2 Å². The Bertz CT molecular complexity index is 1210. The largest absolute Gasteiger partial charge is 0.320 e. The highest BCUT2D eigenvalue weighted by Crippen LogP contribution is 2.34. The molecule has 0 fully saturated rings. The Labute approximate surface area is 175 Å². The van der Waals surface area contributed by atoms with Gasteiger partial charge in [-0.1, -0.05) is 39.8 Å². The van der Waals surface area contributed by atoms with Crippen LogP contribution in [0.3, 0.4) is 0 Å². The zero-order valence-corrected chi connectivity index (χ0v) is 19.1. The summed E-state index contributed by atoms with van der Waals surface area (Å²) in [4.78, 5) is 23.7. The molecule has 8 heteroatoms. The monoisotopic (exact) mass is 431 g/mol. The number of thiophene rings is 1. The SMILES string of the molecule is CCS(=O)(=O)c1ccccc1NC(=O)c1sc2nc(C(C)(C)C)nc(C)c2c1C. The van der Waals surface area contributed by atoms with Crippen molar-refractivity contribution in [1.82, 2.24) is 9.97 Å². The molecule has 2 aromatic heterocycles. The summed E-state index contributed by atoms with van der Waals surface area (Å²) in [5.41, 5.74) is 1.72. The van der Waals surface area contributed by atoms with Crippen LogP contribution in [0.1, 0.15) is 54.4 Å². The molecule has 0 spiro atoms. The first-order valence-corrected chi connectivity index (χ1v) is 11.8. The zero-order chi connectivity index (χ0) is 21.6. The number of para-hydroxylation sites is 1. The Hall–Kier alpha value is -2.32. The molecule has 0 atom stereocenters. The number of hydrogen-bond acceptors (Lipinski definition) is 6. The van der Waals surface area contributed by atoms with Crippen LogP contribution in [0.15, 0.2) is 29.2 Å². The minimum Gasteiger partial charge on any atom is -0.320 e. The first kappa shape index (κ1) is 21.4. The standard InChI is InChI=1S/C21H25N3O3S2/c1-7-29(26,27)15-11-9-8-10-14(15)23-18(25)17-12(2)16-13(3)22-20(21(4,5)6)24-19(16)28-17/h8-11H,7H2,1-6H3,(H,23,25). The maximum Gasteiger partial charge on any atom is 0.266 e. The van der Waals surface area contributed by atoms with Crippen LogP contribution >= 0.6 is 11.3 Å². The van der Waals surface area contributed by atoms with Crippen molar-refractivity contribution in [2.24, 2.45) is 0 Å². The number of carbonyl (C=O) groups is 1. The van der Waals surface area contributed by atoms with Gasteiger partial charge in [-0.25, -0.2) is 18.4 Å². The summed E-state index contributed by atoms with van der Waals surface area (Å²) in [7, 11) is -3.45. The van der Waals surface area contributed by atoms with Gasteiger partial charge in [-0.3, -0.25) is 4.79 Å². The number of carbonyl (C=O) groups excluding carboxylic acids is 1. The number of nitrogens with one attached hydrogen (secondary N) is 1. The summed E-state index contributed by atoms with van der Waals surface area (Å²) in [6.07, 6.45) is 0. The third-order valence-corrected chi connectivity index (χ3v) is 7.67. The Morgan fingerprint density at radius 1 is 1.14 bits per heavy atom. The molecule has 3 rings (SSSR count). The van der Waals surface area contributed by atoms with Gasteiger partial charge in [0.15, 0.2) is 9.84 Å². The lowest BCUT2D eigenvalue weighted by molar-refractivity contribution is 0.103.